The van der Waals surface area contributed by atoms with Gasteiger partial charge in [0.05, 0.1) is 0 Å². The molecule has 0 fully saturated rings. The van der Waals surface area contributed by atoms with Gasteiger partial charge in [-0.15, -0.1) is 10.2 Å². The molecular weight excluding hydrogens is 336 g/mol. The molecule has 1 aliphatic rings. The Hall–Kier alpha value is -2.14. The molecule has 132 valence electrons. The van der Waals surface area contributed by atoms with Crippen molar-refractivity contribution in [3.63, 3.8) is 0 Å². The van der Waals surface area contributed by atoms with Gasteiger partial charge in [-0.1, -0.05) is 30.2 Å². The van der Waals surface area contributed by atoms with Crippen LogP contribution in [0.4, 0.5) is 0 Å². The first-order valence-electron chi connectivity index (χ1n) is 8.76. The number of carbonyl (C=O) groups is 1. The van der Waals surface area contributed by atoms with Gasteiger partial charge in [0.15, 0.2) is 0 Å². The number of hydrogen-bond acceptors (Lipinski definition) is 3. The van der Waals surface area contributed by atoms with Crippen LogP contribution in [0.25, 0.3) is 6.08 Å². The van der Waals surface area contributed by atoms with Gasteiger partial charge in [0.2, 0.25) is 5.91 Å². The van der Waals surface area contributed by atoms with Gasteiger partial charge >= 0.3 is 0 Å². The quantitative estimate of drug-likeness (QED) is 0.834. The van der Waals surface area contributed by atoms with Gasteiger partial charge in [-0.05, 0) is 43.0 Å². The number of amides is 1. The van der Waals surface area contributed by atoms with E-state index in [9.17, 15) is 4.79 Å². The van der Waals surface area contributed by atoms with Gasteiger partial charge in [0.25, 0.3) is 0 Å². The van der Waals surface area contributed by atoms with Crippen LogP contribution in [0, 0.1) is 6.92 Å². The largest absolute Gasteiger partial charge is 0.352 e. The van der Waals surface area contributed by atoms with E-state index in [1.165, 1.54) is 25.3 Å². The van der Waals surface area contributed by atoms with Crippen molar-refractivity contribution in [2.45, 2.75) is 45.6 Å². The molecule has 1 aromatic carbocycles. The summed E-state index contributed by atoms with van der Waals surface area (Å²) in [5.41, 5.74) is 1.93. The number of nitrogens with zero attached hydrogens (tertiary/aromatic N) is 3. The number of halogens is 1. The Bertz CT molecular complexity index is 782. The Morgan fingerprint density at radius 3 is 3.04 bits per heavy atom. The van der Waals surface area contributed by atoms with E-state index in [1.807, 2.05) is 25.1 Å². The van der Waals surface area contributed by atoms with Gasteiger partial charge in [0, 0.05) is 37.0 Å². The van der Waals surface area contributed by atoms with Crippen LogP contribution in [-0.4, -0.2) is 27.2 Å². The van der Waals surface area contributed by atoms with Crippen molar-refractivity contribution in [3.05, 3.63) is 52.1 Å². The average molecular weight is 359 g/mol. The molecule has 5 nitrogen and oxygen atoms in total. The van der Waals surface area contributed by atoms with Gasteiger partial charge in [-0.25, -0.2) is 0 Å². The minimum absolute atomic E-state index is 0.118. The lowest BCUT2D eigenvalue weighted by atomic mass is 10.1. The number of aryl methyl sites for hydroxylation is 2. The summed E-state index contributed by atoms with van der Waals surface area (Å²) in [6, 6.07) is 5.74. The second-order valence-corrected chi connectivity index (χ2v) is 6.78. The predicted octanol–water partition coefficient (Wildman–Crippen LogP) is 3.34. The van der Waals surface area contributed by atoms with E-state index in [1.54, 1.807) is 6.08 Å². The van der Waals surface area contributed by atoms with E-state index in [2.05, 4.69) is 20.1 Å². The fourth-order valence-electron chi connectivity index (χ4n) is 2.97. The number of aromatic nitrogens is 3. The summed E-state index contributed by atoms with van der Waals surface area (Å²) in [6.07, 6.45) is 8.60. The second kappa shape index (κ2) is 8.30. The van der Waals surface area contributed by atoms with Crippen LogP contribution in [-0.2, 0) is 24.2 Å². The average Bonchev–Trinajstić information content (AvgIpc) is 2.83. The molecule has 0 unspecified atom stereocenters. The zero-order valence-corrected chi connectivity index (χ0v) is 15.2. The van der Waals surface area contributed by atoms with Crippen molar-refractivity contribution >= 4 is 23.6 Å². The van der Waals surface area contributed by atoms with Crippen LogP contribution >= 0.6 is 11.6 Å². The lowest BCUT2D eigenvalue weighted by Gasteiger charge is -2.07. The van der Waals surface area contributed by atoms with Crippen molar-refractivity contribution in [3.8, 4) is 0 Å². The fraction of sp³-hybridized carbons (Fsp3) is 0.421. The normalized spacial score (nSPS) is 14.3. The van der Waals surface area contributed by atoms with Gasteiger partial charge in [0.1, 0.15) is 11.6 Å². The molecule has 0 bridgehead atoms. The van der Waals surface area contributed by atoms with Crippen molar-refractivity contribution in [2.75, 3.05) is 6.54 Å². The zero-order valence-electron chi connectivity index (χ0n) is 14.5. The Morgan fingerprint density at radius 2 is 2.20 bits per heavy atom. The molecular formula is C19H23ClN4O. The van der Waals surface area contributed by atoms with Gasteiger partial charge < -0.3 is 9.88 Å². The van der Waals surface area contributed by atoms with Crippen LogP contribution in [0.15, 0.2) is 24.3 Å². The standard InChI is InChI=1S/C19H23ClN4O/c1-14-6-7-15(13-16(14)20)8-9-19(25)21-11-10-18-23-22-17-5-3-2-4-12-24(17)18/h6-9,13H,2-5,10-12H2,1H3,(H,21,25)/b9-8+. The maximum Gasteiger partial charge on any atom is 0.244 e. The summed E-state index contributed by atoms with van der Waals surface area (Å²) in [5, 5.41) is 12.2. The predicted molar refractivity (Wildman–Crippen MR) is 99.5 cm³/mol. The smallest absolute Gasteiger partial charge is 0.244 e. The van der Waals surface area contributed by atoms with Crippen LogP contribution in [0.5, 0.6) is 0 Å². The molecule has 0 atom stereocenters. The Kier molecular flexibility index (Phi) is 5.87. The molecule has 0 spiro atoms. The minimum atomic E-state index is -0.118. The highest BCUT2D eigenvalue weighted by Gasteiger charge is 2.14. The minimum Gasteiger partial charge on any atom is -0.352 e. The molecule has 1 N–H and O–H groups in total. The Balaban J connectivity index is 1.50. The highest BCUT2D eigenvalue weighted by Crippen LogP contribution is 2.17. The number of carbonyl (C=O) groups excluding carboxylic acids is 1. The first-order valence-corrected chi connectivity index (χ1v) is 9.14. The second-order valence-electron chi connectivity index (χ2n) is 6.38. The number of benzene rings is 1. The van der Waals surface area contributed by atoms with E-state index >= 15 is 0 Å². The number of rotatable bonds is 5. The van der Waals surface area contributed by atoms with Gasteiger partial charge in [-0.2, -0.15) is 0 Å². The SMILES string of the molecule is Cc1ccc(/C=C/C(=O)NCCc2nnc3n2CCCCC3)cc1Cl. The lowest BCUT2D eigenvalue weighted by Crippen LogP contribution is -2.24. The van der Waals surface area contributed by atoms with E-state index in [0.29, 0.717) is 18.0 Å². The van der Waals surface area contributed by atoms with Crippen molar-refractivity contribution in [2.24, 2.45) is 0 Å². The van der Waals surface area contributed by atoms with Crippen molar-refractivity contribution < 1.29 is 4.79 Å². The van der Waals surface area contributed by atoms with E-state index in [0.717, 1.165) is 35.7 Å². The van der Waals surface area contributed by atoms with E-state index in [4.69, 9.17) is 11.6 Å². The Morgan fingerprint density at radius 1 is 1.32 bits per heavy atom. The lowest BCUT2D eigenvalue weighted by molar-refractivity contribution is -0.116. The summed E-state index contributed by atoms with van der Waals surface area (Å²) < 4.78 is 2.21. The zero-order chi connectivity index (χ0) is 17.6. The molecule has 2 aromatic rings. The van der Waals surface area contributed by atoms with Crippen molar-refractivity contribution in [1.82, 2.24) is 20.1 Å². The first-order chi connectivity index (χ1) is 12.1. The van der Waals surface area contributed by atoms with Crippen molar-refractivity contribution in [1.29, 1.82) is 0 Å². The summed E-state index contributed by atoms with van der Waals surface area (Å²) >= 11 is 6.09. The molecule has 2 heterocycles. The molecule has 0 aliphatic carbocycles. The fourth-order valence-corrected chi connectivity index (χ4v) is 3.16. The molecule has 1 aliphatic heterocycles. The molecule has 0 saturated heterocycles. The third kappa shape index (κ3) is 4.69. The third-order valence-corrected chi connectivity index (χ3v) is 4.86. The summed E-state index contributed by atoms with van der Waals surface area (Å²) in [6.45, 7) is 3.49. The molecule has 0 saturated carbocycles. The first kappa shape index (κ1) is 17.7. The Labute approximate surface area is 153 Å². The molecule has 6 heteroatoms. The number of nitrogens with one attached hydrogen (secondary N) is 1. The number of hydrogen-bond donors (Lipinski definition) is 1. The van der Waals surface area contributed by atoms with E-state index < -0.39 is 0 Å². The highest BCUT2D eigenvalue weighted by atomic mass is 35.5. The monoisotopic (exact) mass is 358 g/mol. The third-order valence-electron chi connectivity index (χ3n) is 4.46. The van der Waals surface area contributed by atoms with Crippen LogP contribution in [0.1, 0.15) is 42.0 Å². The molecule has 25 heavy (non-hydrogen) atoms. The van der Waals surface area contributed by atoms with Crippen LogP contribution < -0.4 is 5.32 Å². The molecule has 1 aromatic heterocycles. The molecule has 0 radical (unpaired) electrons. The van der Waals surface area contributed by atoms with Crippen LogP contribution in [0.2, 0.25) is 5.02 Å². The maximum absolute atomic E-state index is 12.0. The summed E-state index contributed by atoms with van der Waals surface area (Å²) in [4.78, 5) is 12.0. The molecule has 3 rings (SSSR count). The van der Waals surface area contributed by atoms with E-state index in [-0.39, 0.29) is 5.91 Å². The highest BCUT2D eigenvalue weighted by molar-refractivity contribution is 6.31. The maximum atomic E-state index is 12.0. The van der Waals surface area contributed by atoms with Gasteiger partial charge in [-0.3, -0.25) is 4.79 Å². The topological polar surface area (TPSA) is 59.8 Å². The summed E-state index contributed by atoms with van der Waals surface area (Å²) in [7, 11) is 0. The number of fused-ring (bicyclic) bond motifs is 1. The molecule has 1 amide bonds. The summed E-state index contributed by atoms with van der Waals surface area (Å²) in [5.74, 6) is 1.92. The van der Waals surface area contributed by atoms with Crippen LogP contribution in [0.3, 0.4) is 0 Å².